The number of benzene rings is 2. The number of thioether (sulfide) groups is 2. The Hall–Kier alpha value is -2.12. The van der Waals surface area contributed by atoms with Crippen LogP contribution in [0.1, 0.15) is 153 Å². The lowest BCUT2D eigenvalue weighted by atomic mass is 9.79. The fraction of sp³-hybridized carbons (Fsp3) is 0.632. The van der Waals surface area contributed by atoms with Crippen molar-refractivity contribution in [2.75, 3.05) is 0 Å². The summed E-state index contributed by atoms with van der Waals surface area (Å²) in [4.78, 5) is 25.9. The number of rotatable bonds is 8. The van der Waals surface area contributed by atoms with E-state index in [1.54, 1.807) is 23.5 Å². The molecule has 7 heteroatoms. The molecule has 0 aliphatic carbocycles. The minimum atomic E-state index is -1.02. The first-order chi connectivity index (χ1) is 20.4. The number of aromatic hydroxyl groups is 1. The van der Waals surface area contributed by atoms with Gasteiger partial charge in [-0.2, -0.15) is 0 Å². The van der Waals surface area contributed by atoms with Crippen molar-refractivity contribution in [3.63, 3.8) is 0 Å². The number of hydrogen-bond donors (Lipinski definition) is 2. The van der Waals surface area contributed by atoms with Crippen molar-refractivity contribution in [1.82, 2.24) is 0 Å². The summed E-state index contributed by atoms with van der Waals surface area (Å²) in [7, 11) is 0. The van der Waals surface area contributed by atoms with E-state index in [1.165, 1.54) is 0 Å². The average Bonchev–Trinajstić information content (AvgIpc) is 2.88. The van der Waals surface area contributed by atoms with Crippen molar-refractivity contribution in [1.29, 1.82) is 0 Å². The molecule has 0 radical (unpaired) electrons. The summed E-state index contributed by atoms with van der Waals surface area (Å²) >= 11 is 3.52. The average molecular weight is 663 g/mol. The molecule has 2 aromatic carbocycles. The minimum Gasteiger partial charge on any atom is -0.507 e. The van der Waals surface area contributed by atoms with Crippen molar-refractivity contribution in [3.8, 4) is 11.5 Å². The predicted octanol–water partition coefficient (Wildman–Crippen LogP) is 11.6. The summed E-state index contributed by atoms with van der Waals surface area (Å²) < 4.78 is 6.05. The van der Waals surface area contributed by atoms with Gasteiger partial charge in [0.15, 0.2) is 0 Å². The molecular weight excluding hydrogens is 601 g/mol. The zero-order chi connectivity index (χ0) is 35.7. The molecule has 2 aromatic rings. The van der Waals surface area contributed by atoms with Crippen LogP contribution in [-0.2, 0) is 31.2 Å². The molecule has 0 heterocycles. The van der Waals surface area contributed by atoms with Gasteiger partial charge in [-0.05, 0) is 52.8 Å². The molecule has 5 nitrogen and oxygen atoms in total. The number of carbonyl (C=O) groups is 2. The normalized spacial score (nSPS) is 12.7. The highest BCUT2D eigenvalue weighted by atomic mass is 32.2. The van der Waals surface area contributed by atoms with Gasteiger partial charge in [-0.15, -0.1) is 23.5 Å². The first-order valence-electron chi connectivity index (χ1n) is 16.2. The topological polar surface area (TPSA) is 83.8 Å². The number of ether oxygens (including phenoxy) is 1. The van der Waals surface area contributed by atoms with Gasteiger partial charge < -0.3 is 14.9 Å². The second-order valence-electron chi connectivity index (χ2n) is 14.9. The zero-order valence-electron chi connectivity index (χ0n) is 31.2. The Balaban J connectivity index is 0.00000464. The van der Waals surface area contributed by atoms with E-state index in [2.05, 4.69) is 114 Å². The molecular formula is C38H62O5S2. The van der Waals surface area contributed by atoms with Gasteiger partial charge in [0.25, 0.3) is 0 Å². The summed E-state index contributed by atoms with van der Waals surface area (Å²) in [6, 6.07) is 8.45. The SMILES string of the molecule is CC.CC.CC(Sc1cc(C(C)(C)C)c(O)c(C(C)(C)C)c1)Sc1cc(C(C)(C)C)c(OC(=O)CCC(=O)O)c(C(C)(C)C)c1. The first kappa shape index (κ1) is 42.9. The van der Waals surface area contributed by atoms with E-state index in [4.69, 9.17) is 9.84 Å². The summed E-state index contributed by atoms with van der Waals surface area (Å²) in [5.41, 5.74) is 2.72. The molecule has 0 aromatic heterocycles. The van der Waals surface area contributed by atoms with E-state index in [1.807, 2.05) is 27.7 Å². The molecule has 2 rings (SSSR count). The second kappa shape index (κ2) is 17.2. The number of carboxylic acid groups (broad SMARTS) is 1. The summed E-state index contributed by atoms with van der Waals surface area (Å²) in [6.07, 6.45) is -0.436. The third-order valence-electron chi connectivity index (χ3n) is 6.74. The number of hydrogen-bond acceptors (Lipinski definition) is 6. The number of aliphatic carboxylic acids is 1. The van der Waals surface area contributed by atoms with Gasteiger partial charge in [0, 0.05) is 32.0 Å². The standard InChI is InChI=1S/C34H50O5S2.2C2H6/c1-20(40-21-16-23(31(2,3)4)29(38)24(17-21)32(5,6)7)41-22-18-25(33(8,9)10)30(26(19-22)34(11,12)13)39-28(37)15-14-27(35)36;2*1-2/h16-20,38H,14-15H2,1-13H3,(H,35,36);2*1-2H3. The van der Waals surface area contributed by atoms with Gasteiger partial charge in [0.05, 0.1) is 17.4 Å². The number of phenols is 1. The molecule has 256 valence electrons. The fourth-order valence-electron chi connectivity index (χ4n) is 4.50. The first-order valence-corrected chi connectivity index (χ1v) is 18.0. The maximum Gasteiger partial charge on any atom is 0.311 e. The second-order valence-corrected chi connectivity index (χ2v) is 18.0. The van der Waals surface area contributed by atoms with E-state index in [9.17, 15) is 14.7 Å². The van der Waals surface area contributed by atoms with Gasteiger partial charge in [0.2, 0.25) is 0 Å². The number of carboxylic acids is 1. The molecule has 1 unspecified atom stereocenters. The summed E-state index contributed by atoms with van der Waals surface area (Å²) in [6.45, 7) is 35.5. The monoisotopic (exact) mass is 662 g/mol. The Bertz CT molecular complexity index is 1200. The third kappa shape index (κ3) is 13.3. The van der Waals surface area contributed by atoms with Crippen LogP contribution < -0.4 is 4.74 Å². The number of carbonyl (C=O) groups excluding carboxylic acids is 1. The van der Waals surface area contributed by atoms with Crippen LogP contribution in [0.2, 0.25) is 0 Å². The van der Waals surface area contributed by atoms with Gasteiger partial charge in [-0.25, -0.2) is 0 Å². The van der Waals surface area contributed by atoms with Crippen LogP contribution >= 0.6 is 23.5 Å². The lowest BCUT2D eigenvalue weighted by Crippen LogP contribution is -2.22. The van der Waals surface area contributed by atoms with Crippen molar-refractivity contribution in [3.05, 3.63) is 46.5 Å². The number of esters is 1. The lowest BCUT2D eigenvalue weighted by Gasteiger charge is -2.30. The fourth-order valence-corrected chi connectivity index (χ4v) is 6.86. The summed E-state index contributed by atoms with van der Waals surface area (Å²) in [5.74, 6) is -0.643. The molecule has 45 heavy (non-hydrogen) atoms. The molecule has 0 saturated heterocycles. The van der Waals surface area contributed by atoms with Crippen LogP contribution in [0.25, 0.3) is 0 Å². The largest absolute Gasteiger partial charge is 0.507 e. The predicted molar refractivity (Wildman–Crippen MR) is 196 cm³/mol. The van der Waals surface area contributed by atoms with Crippen molar-refractivity contribution in [2.24, 2.45) is 0 Å². The molecule has 0 bridgehead atoms. The Kier molecular flexibility index (Phi) is 16.3. The van der Waals surface area contributed by atoms with Crippen molar-refractivity contribution in [2.45, 2.75) is 167 Å². The quantitative estimate of drug-likeness (QED) is 0.126. The smallest absolute Gasteiger partial charge is 0.311 e. The highest BCUT2D eigenvalue weighted by Crippen LogP contribution is 2.47. The lowest BCUT2D eigenvalue weighted by molar-refractivity contribution is -0.142. The van der Waals surface area contributed by atoms with E-state index >= 15 is 0 Å². The Labute approximate surface area is 283 Å². The number of phenolic OH excluding ortho intramolecular Hbond substituents is 1. The Morgan fingerprint density at radius 2 is 0.956 bits per heavy atom. The highest BCUT2D eigenvalue weighted by Gasteiger charge is 2.31. The Morgan fingerprint density at radius 3 is 1.24 bits per heavy atom. The minimum absolute atomic E-state index is 0.157. The van der Waals surface area contributed by atoms with Crippen LogP contribution in [0.3, 0.4) is 0 Å². The molecule has 0 amide bonds. The van der Waals surface area contributed by atoms with Crippen LogP contribution in [-0.4, -0.2) is 26.7 Å². The van der Waals surface area contributed by atoms with Gasteiger partial charge in [0.1, 0.15) is 11.5 Å². The van der Waals surface area contributed by atoms with Crippen LogP contribution in [0, 0.1) is 0 Å². The molecule has 0 aliphatic heterocycles. The van der Waals surface area contributed by atoms with E-state index in [-0.39, 0.29) is 39.1 Å². The molecule has 1 atom stereocenters. The molecule has 0 saturated carbocycles. The van der Waals surface area contributed by atoms with E-state index < -0.39 is 11.9 Å². The van der Waals surface area contributed by atoms with Crippen LogP contribution in [0.4, 0.5) is 0 Å². The summed E-state index contributed by atoms with van der Waals surface area (Å²) in [5, 5.41) is 20.2. The van der Waals surface area contributed by atoms with E-state index in [0.29, 0.717) is 11.5 Å². The molecule has 0 spiro atoms. The molecule has 0 fully saturated rings. The molecule has 2 N–H and O–H groups in total. The van der Waals surface area contributed by atoms with Crippen LogP contribution in [0.15, 0.2) is 34.1 Å². The zero-order valence-corrected chi connectivity index (χ0v) is 32.9. The van der Waals surface area contributed by atoms with Gasteiger partial charge >= 0.3 is 11.9 Å². The van der Waals surface area contributed by atoms with Crippen LogP contribution in [0.5, 0.6) is 11.5 Å². The maximum atomic E-state index is 12.6. The third-order valence-corrected chi connectivity index (χ3v) is 9.00. The van der Waals surface area contributed by atoms with Crippen molar-refractivity contribution < 1.29 is 24.5 Å². The van der Waals surface area contributed by atoms with Gasteiger partial charge in [-0.3, -0.25) is 9.59 Å². The maximum absolute atomic E-state index is 12.6. The molecule has 0 aliphatic rings. The Morgan fingerprint density at radius 1 is 0.644 bits per heavy atom. The van der Waals surface area contributed by atoms with Crippen molar-refractivity contribution >= 4 is 35.5 Å². The van der Waals surface area contributed by atoms with Gasteiger partial charge in [-0.1, -0.05) is 111 Å². The van der Waals surface area contributed by atoms with E-state index in [0.717, 1.165) is 32.0 Å². The highest BCUT2D eigenvalue weighted by molar-refractivity contribution is 8.17.